The first kappa shape index (κ1) is 17.9. The number of hydrogen-bond donors (Lipinski definition) is 3. The van der Waals surface area contributed by atoms with Crippen LogP contribution in [0.25, 0.3) is 10.4 Å². The molecule has 0 saturated carbocycles. The van der Waals surface area contributed by atoms with Crippen LogP contribution in [0.3, 0.4) is 0 Å². The fourth-order valence-electron chi connectivity index (χ4n) is 1.95. The monoisotopic (exact) mass is 377 g/mol. The van der Waals surface area contributed by atoms with Crippen molar-refractivity contribution >= 4 is 45.6 Å². The zero-order valence-electron chi connectivity index (χ0n) is 11.7. The van der Waals surface area contributed by atoms with Crippen LogP contribution in [0.15, 0.2) is 30.5 Å². The summed E-state index contributed by atoms with van der Waals surface area (Å²) in [5.74, 6) is -0.758. The second-order valence-corrected chi connectivity index (χ2v) is 6.86. The number of hydrogen-bond acceptors (Lipinski definition) is 5. The molecular weight excluding hydrogens is 364 g/mol. The molecule has 0 spiro atoms. The number of nitrogens with one attached hydrogen (secondary N) is 1. The molecule has 2 atom stereocenters. The Morgan fingerprint density at radius 2 is 2.04 bits per heavy atom. The highest BCUT2D eigenvalue weighted by atomic mass is 35.5. The number of nitrogen functional groups attached to an aromatic ring is 1. The minimum absolute atomic E-state index is 0.454. The first-order valence-corrected chi connectivity index (χ1v) is 8.25. The number of aromatic nitrogens is 1. The summed E-state index contributed by atoms with van der Waals surface area (Å²) in [6, 6.07) is 5.67. The molecule has 1 heterocycles. The molecule has 5 nitrogen and oxygen atoms in total. The van der Waals surface area contributed by atoms with Gasteiger partial charge in [0.15, 0.2) is 9.97 Å². The van der Waals surface area contributed by atoms with Gasteiger partial charge in [-0.3, -0.25) is 4.79 Å². The Balaban J connectivity index is 2.12. The van der Waals surface area contributed by atoms with Crippen molar-refractivity contribution in [2.24, 2.45) is 0 Å². The van der Waals surface area contributed by atoms with Gasteiger partial charge in [0, 0.05) is 6.20 Å². The van der Waals surface area contributed by atoms with Crippen LogP contribution in [0.2, 0.25) is 0 Å². The molecule has 0 radical (unpaired) electrons. The van der Waals surface area contributed by atoms with Gasteiger partial charge in [-0.25, -0.2) is 9.37 Å². The zero-order valence-corrected chi connectivity index (χ0v) is 14.1. The minimum atomic E-state index is -1.32. The van der Waals surface area contributed by atoms with Crippen molar-refractivity contribution in [3.63, 3.8) is 0 Å². The normalized spacial score (nSPS) is 13.8. The summed E-state index contributed by atoms with van der Waals surface area (Å²) in [6.07, 6.45) is 0.425. The van der Waals surface area contributed by atoms with Gasteiger partial charge in [-0.15, -0.1) is 0 Å². The smallest absolute Gasteiger partial charge is 0.253 e. The van der Waals surface area contributed by atoms with E-state index < -0.39 is 29.6 Å². The van der Waals surface area contributed by atoms with Crippen LogP contribution < -0.4 is 11.1 Å². The van der Waals surface area contributed by atoms with E-state index >= 15 is 0 Å². The van der Waals surface area contributed by atoms with E-state index in [4.69, 9.17) is 28.9 Å². The Morgan fingerprint density at radius 1 is 1.39 bits per heavy atom. The molecule has 2 aromatic rings. The Bertz CT molecular complexity index is 666. The number of carbonyl (C=O) groups excluding carboxylic acids is 1. The molecule has 1 amide bonds. The highest BCUT2D eigenvalue weighted by molar-refractivity contribution is 7.18. The number of alkyl halides is 3. The zero-order chi connectivity index (χ0) is 17.0. The summed E-state index contributed by atoms with van der Waals surface area (Å²) >= 11 is 12.1. The van der Waals surface area contributed by atoms with Crippen molar-refractivity contribution in [1.29, 1.82) is 0 Å². The van der Waals surface area contributed by atoms with Crippen molar-refractivity contribution < 1.29 is 14.3 Å². The second-order valence-electron chi connectivity index (χ2n) is 4.70. The molecule has 0 fully saturated rings. The Labute approximate surface area is 146 Å². The number of rotatable bonds is 6. The number of benzene rings is 1. The van der Waals surface area contributed by atoms with Gasteiger partial charge in [0.1, 0.15) is 12.8 Å². The molecule has 23 heavy (non-hydrogen) atoms. The summed E-state index contributed by atoms with van der Waals surface area (Å²) in [4.78, 5) is 14.9. The third-order valence-electron chi connectivity index (χ3n) is 3.13. The van der Waals surface area contributed by atoms with Crippen LogP contribution in [-0.4, -0.2) is 33.6 Å². The number of anilines is 1. The average Bonchev–Trinajstić information content (AvgIpc) is 2.98. The van der Waals surface area contributed by atoms with Gasteiger partial charge in [0.05, 0.1) is 10.9 Å². The number of thiazole rings is 1. The number of carbonyl (C=O) groups is 1. The molecule has 4 N–H and O–H groups in total. The van der Waals surface area contributed by atoms with E-state index in [2.05, 4.69) is 10.3 Å². The summed E-state index contributed by atoms with van der Waals surface area (Å²) in [7, 11) is 0. The van der Waals surface area contributed by atoms with Gasteiger partial charge in [-0.2, -0.15) is 0 Å². The van der Waals surface area contributed by atoms with E-state index in [0.717, 1.165) is 10.4 Å². The highest BCUT2D eigenvalue weighted by Gasteiger charge is 2.25. The molecule has 0 unspecified atom stereocenters. The van der Waals surface area contributed by atoms with Gasteiger partial charge in [-0.1, -0.05) is 58.8 Å². The Hall–Kier alpha value is -1.41. The van der Waals surface area contributed by atoms with E-state index in [-0.39, 0.29) is 0 Å². The number of aliphatic hydroxyl groups excluding tert-OH is 1. The third kappa shape index (κ3) is 4.54. The number of nitrogens with two attached hydrogens (primary N) is 1. The maximum Gasteiger partial charge on any atom is 0.253 e. The van der Waals surface area contributed by atoms with E-state index in [1.165, 1.54) is 11.3 Å². The van der Waals surface area contributed by atoms with Crippen LogP contribution in [0.5, 0.6) is 0 Å². The number of nitrogens with zero attached hydrogens (tertiary/aromatic N) is 1. The lowest BCUT2D eigenvalue weighted by atomic mass is 10.0. The SMILES string of the molecule is Nc1ncc(-c2ccc([C@@H](O)[C@@H](CF)NC(=O)C(Cl)Cl)cc2)s1. The molecular formula is C14H14Cl2FN3O2S. The van der Waals surface area contributed by atoms with E-state index in [9.17, 15) is 14.3 Å². The maximum absolute atomic E-state index is 13.1. The van der Waals surface area contributed by atoms with Gasteiger partial charge in [-0.05, 0) is 11.1 Å². The number of aliphatic hydroxyl groups is 1. The van der Waals surface area contributed by atoms with Crippen LogP contribution in [0.4, 0.5) is 9.52 Å². The molecule has 0 aliphatic rings. The fraction of sp³-hybridized carbons (Fsp3) is 0.286. The van der Waals surface area contributed by atoms with E-state index in [1.807, 2.05) is 0 Å². The van der Waals surface area contributed by atoms with E-state index in [0.29, 0.717) is 10.7 Å². The fourth-order valence-corrected chi connectivity index (χ4v) is 2.76. The molecule has 1 aromatic heterocycles. The predicted molar refractivity (Wildman–Crippen MR) is 90.3 cm³/mol. The van der Waals surface area contributed by atoms with Crippen molar-refractivity contribution in [2.75, 3.05) is 12.4 Å². The van der Waals surface area contributed by atoms with Gasteiger partial charge in [0.2, 0.25) is 0 Å². The summed E-state index contributed by atoms with van der Waals surface area (Å²) in [6.45, 7) is -0.958. The van der Waals surface area contributed by atoms with Crippen LogP contribution in [0.1, 0.15) is 11.7 Å². The average molecular weight is 378 g/mol. The first-order chi connectivity index (χ1) is 10.9. The molecule has 124 valence electrons. The van der Waals surface area contributed by atoms with Gasteiger partial charge in [0.25, 0.3) is 5.91 Å². The Morgan fingerprint density at radius 3 is 2.52 bits per heavy atom. The highest BCUT2D eigenvalue weighted by Crippen LogP contribution is 2.29. The van der Waals surface area contributed by atoms with Crippen molar-refractivity contribution in [2.45, 2.75) is 17.0 Å². The first-order valence-electron chi connectivity index (χ1n) is 6.56. The van der Waals surface area contributed by atoms with Crippen molar-refractivity contribution in [3.05, 3.63) is 36.0 Å². The minimum Gasteiger partial charge on any atom is -0.386 e. The lowest BCUT2D eigenvalue weighted by Crippen LogP contribution is -2.43. The van der Waals surface area contributed by atoms with Gasteiger partial charge >= 0.3 is 0 Å². The molecule has 0 saturated heterocycles. The summed E-state index contributed by atoms with van der Waals surface area (Å²) < 4.78 is 13.1. The third-order valence-corrected chi connectivity index (χ3v) is 4.41. The van der Waals surface area contributed by atoms with Crippen molar-refractivity contribution in [3.8, 4) is 10.4 Å². The molecule has 0 aliphatic heterocycles. The summed E-state index contributed by atoms with van der Waals surface area (Å²) in [5, 5.41) is 12.9. The molecule has 0 aliphatic carbocycles. The summed E-state index contributed by atoms with van der Waals surface area (Å²) in [5.41, 5.74) is 6.91. The molecule has 1 aromatic carbocycles. The lowest BCUT2D eigenvalue weighted by Gasteiger charge is -2.22. The van der Waals surface area contributed by atoms with Crippen LogP contribution in [-0.2, 0) is 4.79 Å². The molecule has 9 heteroatoms. The molecule has 2 rings (SSSR count). The lowest BCUT2D eigenvalue weighted by molar-refractivity contribution is -0.121. The van der Waals surface area contributed by atoms with Gasteiger partial charge < -0.3 is 16.2 Å². The topological polar surface area (TPSA) is 88.2 Å². The maximum atomic E-state index is 13.1. The second kappa shape index (κ2) is 7.92. The quantitative estimate of drug-likeness (QED) is 0.675. The Kier molecular flexibility index (Phi) is 6.17. The standard InChI is InChI=1S/C14H14Cl2FN3O2S/c15-12(16)13(22)20-9(5-17)11(21)8-3-1-7(2-4-8)10-6-19-14(18)23-10/h1-4,6,9,11-12,21H,5H2,(H2,18,19)(H,20,22)/t9-,11-/m1/s1. The predicted octanol–water partition coefficient (Wildman–Crippen LogP) is 2.68. The number of amides is 1. The van der Waals surface area contributed by atoms with Crippen LogP contribution >= 0.6 is 34.5 Å². The number of halogens is 3. The molecule has 0 bridgehead atoms. The van der Waals surface area contributed by atoms with Crippen LogP contribution in [0, 0.1) is 0 Å². The van der Waals surface area contributed by atoms with E-state index in [1.54, 1.807) is 30.5 Å². The van der Waals surface area contributed by atoms with Crippen molar-refractivity contribution in [1.82, 2.24) is 10.3 Å². The largest absolute Gasteiger partial charge is 0.386 e.